The second-order valence-electron chi connectivity index (χ2n) is 3.62. The lowest BCUT2D eigenvalue weighted by Crippen LogP contribution is -2.29. The van der Waals surface area contributed by atoms with E-state index in [1.165, 1.54) is 6.07 Å². The van der Waals surface area contributed by atoms with Gasteiger partial charge in [0.15, 0.2) is 0 Å². The molecule has 19 heavy (non-hydrogen) atoms. The van der Waals surface area contributed by atoms with E-state index >= 15 is 0 Å². The summed E-state index contributed by atoms with van der Waals surface area (Å²) in [6.07, 6.45) is 0.0931. The topological polar surface area (TPSA) is 80.3 Å². The monoisotopic (exact) mass is 343 g/mol. The molecule has 1 rings (SSSR count). The van der Waals surface area contributed by atoms with Crippen LogP contribution in [-0.4, -0.2) is 36.6 Å². The number of halogens is 1. The molecule has 1 aromatic rings. The molecule has 1 amide bonds. The fourth-order valence-electron chi connectivity index (χ4n) is 1.25. The Morgan fingerprint density at radius 1 is 1.47 bits per heavy atom. The zero-order valence-electron chi connectivity index (χ0n) is 10.2. The number of carbonyl (C=O) groups excluding carboxylic acids is 1. The van der Waals surface area contributed by atoms with Crippen LogP contribution in [0.25, 0.3) is 0 Å². The summed E-state index contributed by atoms with van der Waals surface area (Å²) in [4.78, 5) is 12.2. The fourth-order valence-corrected chi connectivity index (χ4v) is 3.99. The van der Waals surface area contributed by atoms with Gasteiger partial charge in [0.05, 0.1) is 6.42 Å². The summed E-state index contributed by atoms with van der Waals surface area (Å²) in [5, 5.41) is 2.64. The van der Waals surface area contributed by atoms with Gasteiger partial charge in [0, 0.05) is 44.4 Å². The Balaban J connectivity index is 2.45. The lowest BCUT2D eigenvalue weighted by Gasteiger charge is -2.03. The van der Waals surface area contributed by atoms with Crippen LogP contribution < -0.4 is 5.32 Å². The summed E-state index contributed by atoms with van der Waals surface area (Å²) < 4.78 is 33.3. The third-order valence-electron chi connectivity index (χ3n) is 2.19. The lowest BCUT2D eigenvalue weighted by molar-refractivity contribution is -0.120. The summed E-state index contributed by atoms with van der Waals surface area (Å²) in [5.41, 5.74) is 0. The van der Waals surface area contributed by atoms with Crippen LogP contribution in [0.5, 0.6) is 0 Å². The van der Waals surface area contributed by atoms with Crippen molar-refractivity contribution in [3.8, 4) is 0 Å². The quantitative estimate of drug-likeness (QED) is 0.752. The van der Waals surface area contributed by atoms with E-state index in [9.17, 15) is 17.4 Å². The Morgan fingerprint density at radius 2 is 2.16 bits per heavy atom. The summed E-state index contributed by atoms with van der Waals surface area (Å²) in [6.45, 7) is 2.17. The highest BCUT2D eigenvalue weighted by atomic mass is 35.7. The van der Waals surface area contributed by atoms with Crippen molar-refractivity contribution in [1.29, 1.82) is 0 Å². The Bertz CT molecular complexity index is 567. The van der Waals surface area contributed by atoms with E-state index in [1.807, 2.05) is 6.92 Å². The maximum Gasteiger partial charge on any atom is 0.270 e. The van der Waals surface area contributed by atoms with Gasteiger partial charge < -0.3 is 5.32 Å². The highest BCUT2D eigenvalue weighted by Gasteiger charge is 2.14. The van der Waals surface area contributed by atoms with E-state index in [-0.39, 0.29) is 16.5 Å². The molecule has 1 N–H and O–H groups in total. The van der Waals surface area contributed by atoms with Crippen LogP contribution in [-0.2, 0) is 31.1 Å². The van der Waals surface area contributed by atoms with Crippen molar-refractivity contribution in [2.24, 2.45) is 0 Å². The summed E-state index contributed by atoms with van der Waals surface area (Å²) >= 11 is 0.972. The van der Waals surface area contributed by atoms with Gasteiger partial charge in [-0.3, -0.25) is 9.00 Å². The first-order valence-corrected chi connectivity index (χ1v) is 10.1. The van der Waals surface area contributed by atoms with Gasteiger partial charge in [-0.2, -0.15) is 0 Å². The van der Waals surface area contributed by atoms with Crippen molar-refractivity contribution in [2.45, 2.75) is 17.6 Å². The Morgan fingerprint density at radius 3 is 2.68 bits per heavy atom. The van der Waals surface area contributed by atoms with Crippen molar-refractivity contribution >= 4 is 47.8 Å². The molecule has 0 spiro atoms. The number of hydrogen-bond donors (Lipinski definition) is 1. The van der Waals surface area contributed by atoms with Crippen molar-refractivity contribution in [1.82, 2.24) is 5.32 Å². The second kappa shape index (κ2) is 7.37. The van der Waals surface area contributed by atoms with Crippen LogP contribution in [0.4, 0.5) is 0 Å². The van der Waals surface area contributed by atoms with Gasteiger partial charge in [-0.25, -0.2) is 8.42 Å². The normalized spacial score (nSPS) is 13.2. The van der Waals surface area contributed by atoms with Gasteiger partial charge in [-0.1, -0.05) is 6.92 Å². The van der Waals surface area contributed by atoms with Crippen molar-refractivity contribution in [3.63, 3.8) is 0 Å². The number of nitrogens with one attached hydrogen (secondary N) is 1. The first-order valence-electron chi connectivity index (χ1n) is 5.48. The number of amides is 1. The van der Waals surface area contributed by atoms with Crippen LogP contribution in [0.1, 0.15) is 11.8 Å². The molecule has 1 atom stereocenters. The Labute approximate surface area is 123 Å². The minimum atomic E-state index is -3.73. The Hall–Kier alpha value is -0.440. The van der Waals surface area contributed by atoms with Crippen LogP contribution in [0.2, 0.25) is 0 Å². The predicted molar refractivity (Wildman–Crippen MR) is 77.6 cm³/mol. The molecule has 0 aliphatic carbocycles. The highest BCUT2D eigenvalue weighted by molar-refractivity contribution is 8.15. The van der Waals surface area contributed by atoms with Gasteiger partial charge >= 0.3 is 0 Å². The van der Waals surface area contributed by atoms with E-state index in [2.05, 4.69) is 5.32 Å². The molecule has 1 heterocycles. The van der Waals surface area contributed by atoms with E-state index in [0.29, 0.717) is 22.9 Å². The largest absolute Gasteiger partial charge is 0.355 e. The van der Waals surface area contributed by atoms with Gasteiger partial charge in [-0.15, -0.1) is 11.3 Å². The minimum absolute atomic E-state index is 0.0315. The molecule has 0 radical (unpaired) electrons. The SMILES string of the molecule is CCS(=O)CCNC(=O)Cc1ccc(S(=O)(=O)Cl)s1. The van der Waals surface area contributed by atoms with Crippen molar-refractivity contribution in [3.05, 3.63) is 17.0 Å². The average Bonchev–Trinajstić information content (AvgIpc) is 2.77. The average molecular weight is 344 g/mol. The molecule has 0 saturated carbocycles. The molecule has 1 aromatic heterocycles. The zero-order chi connectivity index (χ0) is 14.5. The number of hydrogen-bond acceptors (Lipinski definition) is 5. The molecule has 0 aliphatic rings. The van der Waals surface area contributed by atoms with Gasteiger partial charge in [0.1, 0.15) is 4.21 Å². The van der Waals surface area contributed by atoms with E-state index in [4.69, 9.17) is 10.7 Å². The summed E-state index contributed by atoms with van der Waals surface area (Å²) in [7, 11) is 0.554. The zero-order valence-corrected chi connectivity index (χ0v) is 13.4. The molecule has 0 bridgehead atoms. The first-order chi connectivity index (χ1) is 8.82. The van der Waals surface area contributed by atoms with Crippen LogP contribution in [0, 0.1) is 0 Å². The molecule has 0 fully saturated rings. The summed E-state index contributed by atoms with van der Waals surface area (Å²) in [6, 6.07) is 2.94. The molecule has 5 nitrogen and oxygen atoms in total. The van der Waals surface area contributed by atoms with E-state index < -0.39 is 19.9 Å². The van der Waals surface area contributed by atoms with E-state index in [1.54, 1.807) is 6.07 Å². The van der Waals surface area contributed by atoms with Crippen LogP contribution in [0.15, 0.2) is 16.3 Å². The van der Waals surface area contributed by atoms with Crippen molar-refractivity contribution in [2.75, 3.05) is 18.1 Å². The predicted octanol–water partition coefficient (Wildman–Crippen LogP) is 1.10. The molecular weight excluding hydrogens is 330 g/mol. The molecule has 108 valence electrons. The first kappa shape index (κ1) is 16.6. The summed E-state index contributed by atoms with van der Waals surface area (Å²) in [5.74, 6) is 0.764. The smallest absolute Gasteiger partial charge is 0.270 e. The molecule has 0 aliphatic heterocycles. The second-order valence-corrected chi connectivity index (χ2v) is 9.44. The van der Waals surface area contributed by atoms with Crippen LogP contribution in [0.3, 0.4) is 0 Å². The number of thiophene rings is 1. The Kier molecular flexibility index (Phi) is 6.45. The third kappa shape index (κ3) is 6.03. The van der Waals surface area contributed by atoms with Gasteiger partial charge in [0.2, 0.25) is 5.91 Å². The molecule has 0 saturated heterocycles. The van der Waals surface area contributed by atoms with Crippen LogP contribution >= 0.6 is 22.0 Å². The number of carbonyl (C=O) groups is 1. The number of rotatable bonds is 7. The molecule has 0 aromatic carbocycles. The maximum absolute atomic E-state index is 11.6. The molecule has 9 heteroatoms. The fraction of sp³-hybridized carbons (Fsp3) is 0.500. The third-order valence-corrected chi connectivity index (χ3v) is 6.67. The molecule has 1 unspecified atom stereocenters. The lowest BCUT2D eigenvalue weighted by atomic mass is 10.3. The highest BCUT2D eigenvalue weighted by Crippen LogP contribution is 2.24. The van der Waals surface area contributed by atoms with Crippen molar-refractivity contribution < 1.29 is 17.4 Å². The standard InChI is InChI=1S/C10H14ClNO4S3/c1-2-18(14)6-5-12-9(13)7-8-3-4-10(17-8)19(11,15)16/h3-4H,2,5-7H2,1H3,(H,12,13). The minimum Gasteiger partial charge on any atom is -0.355 e. The van der Waals surface area contributed by atoms with Gasteiger partial charge in [0.25, 0.3) is 9.05 Å². The van der Waals surface area contributed by atoms with Gasteiger partial charge in [-0.05, 0) is 12.1 Å². The maximum atomic E-state index is 11.6. The molecular formula is C10H14ClNO4S3. The van der Waals surface area contributed by atoms with E-state index in [0.717, 1.165) is 11.3 Å².